The van der Waals surface area contributed by atoms with E-state index in [1.54, 1.807) is 0 Å². The molecule has 0 bridgehead atoms. The molecule has 61 heavy (non-hydrogen) atoms. The van der Waals surface area contributed by atoms with Crippen LogP contribution in [0.2, 0.25) is 0 Å². The standard InChI is InChI=1S/C56H45N5/c1-55(2,3)41-25-27-51-45(31-41)46-32-42(56(4,5)6)26-28-52(46)61(51)53-47(43-23-15-13-21-38(43)34-57)29-40(30-48(53)44-24-16-14-22-39(44)35-58)50-33-49(36-17-9-7-10-18-36)59-54(60-50)37-19-11-8-12-20-37/h7-33H,1-6H3. The first-order chi connectivity index (χ1) is 29.4. The quantitative estimate of drug-likeness (QED) is 0.168. The van der Waals surface area contributed by atoms with E-state index in [0.29, 0.717) is 17.0 Å². The molecule has 0 N–H and O–H groups in total. The fourth-order valence-corrected chi connectivity index (χ4v) is 8.33. The Hall–Kier alpha value is -7.60. The van der Waals surface area contributed by atoms with Gasteiger partial charge in [-0.1, -0.05) is 151 Å². The third kappa shape index (κ3) is 7.15. The monoisotopic (exact) mass is 787 g/mol. The summed E-state index contributed by atoms with van der Waals surface area (Å²) in [5, 5.41) is 23.7. The molecule has 0 spiro atoms. The summed E-state index contributed by atoms with van der Waals surface area (Å²) < 4.78 is 2.35. The summed E-state index contributed by atoms with van der Waals surface area (Å²) in [6.45, 7) is 13.5. The molecule has 9 rings (SSSR count). The van der Waals surface area contributed by atoms with Crippen molar-refractivity contribution in [3.63, 3.8) is 0 Å². The Morgan fingerprint density at radius 3 is 1.31 bits per heavy atom. The first-order valence-electron chi connectivity index (χ1n) is 20.7. The summed E-state index contributed by atoms with van der Waals surface area (Å²) >= 11 is 0. The first-order valence-corrected chi connectivity index (χ1v) is 20.7. The molecule has 5 heteroatoms. The molecule has 2 aromatic heterocycles. The van der Waals surface area contributed by atoms with Crippen LogP contribution in [0.25, 0.3) is 83.6 Å². The topological polar surface area (TPSA) is 78.3 Å². The van der Waals surface area contributed by atoms with Gasteiger partial charge in [0, 0.05) is 49.7 Å². The number of benzene rings is 7. The van der Waals surface area contributed by atoms with Gasteiger partial charge in [0.25, 0.3) is 0 Å². The number of fused-ring (bicyclic) bond motifs is 3. The smallest absolute Gasteiger partial charge is 0.160 e. The van der Waals surface area contributed by atoms with Gasteiger partial charge in [-0.3, -0.25) is 0 Å². The highest BCUT2D eigenvalue weighted by atomic mass is 15.0. The normalized spacial score (nSPS) is 11.7. The van der Waals surface area contributed by atoms with Gasteiger partial charge in [0.05, 0.1) is 51.4 Å². The average molecular weight is 788 g/mol. The van der Waals surface area contributed by atoms with Crippen molar-refractivity contribution in [1.82, 2.24) is 14.5 Å². The van der Waals surface area contributed by atoms with E-state index >= 15 is 0 Å². The molecule has 9 aromatic rings. The molecule has 5 nitrogen and oxygen atoms in total. The van der Waals surface area contributed by atoms with Crippen molar-refractivity contribution in [2.45, 2.75) is 52.4 Å². The molecular formula is C56H45N5. The highest BCUT2D eigenvalue weighted by molar-refractivity contribution is 6.11. The van der Waals surface area contributed by atoms with E-state index in [-0.39, 0.29) is 10.8 Å². The van der Waals surface area contributed by atoms with E-state index in [9.17, 15) is 10.5 Å². The summed E-state index contributed by atoms with van der Waals surface area (Å²) in [6, 6.07) is 60.8. The lowest BCUT2D eigenvalue weighted by Crippen LogP contribution is -2.10. The molecule has 0 aliphatic heterocycles. The number of hydrogen-bond donors (Lipinski definition) is 0. The zero-order valence-electron chi connectivity index (χ0n) is 35.3. The fraction of sp³-hybridized carbons (Fsp3) is 0.143. The third-order valence-electron chi connectivity index (χ3n) is 11.6. The molecule has 0 radical (unpaired) electrons. The Labute approximate surface area is 357 Å². The van der Waals surface area contributed by atoms with Gasteiger partial charge in [0.2, 0.25) is 0 Å². The van der Waals surface area contributed by atoms with Gasteiger partial charge in [0.15, 0.2) is 5.82 Å². The molecule has 2 heterocycles. The molecule has 294 valence electrons. The molecule has 0 atom stereocenters. The fourth-order valence-electron chi connectivity index (χ4n) is 8.33. The lowest BCUT2D eigenvalue weighted by molar-refractivity contribution is 0.590. The summed E-state index contributed by atoms with van der Waals surface area (Å²) in [4.78, 5) is 10.4. The SMILES string of the molecule is CC(C)(C)c1ccc2c(c1)c1cc(C(C)(C)C)ccc1n2-c1c(-c2ccccc2C#N)cc(-c2cc(-c3ccccc3)nc(-c3ccccc3)n2)cc1-c1ccccc1C#N. The Balaban J connectivity index is 1.47. The molecular weight excluding hydrogens is 743 g/mol. The molecule has 0 saturated carbocycles. The second-order valence-corrected chi connectivity index (χ2v) is 17.7. The van der Waals surface area contributed by atoms with Crippen LogP contribution in [0.15, 0.2) is 164 Å². The summed E-state index contributed by atoms with van der Waals surface area (Å²) in [6.07, 6.45) is 0. The predicted molar refractivity (Wildman–Crippen MR) is 250 cm³/mol. The van der Waals surface area contributed by atoms with E-state index < -0.39 is 0 Å². The Morgan fingerprint density at radius 1 is 0.426 bits per heavy atom. The van der Waals surface area contributed by atoms with Crippen molar-refractivity contribution in [2.75, 3.05) is 0 Å². The average Bonchev–Trinajstić information content (AvgIpc) is 3.61. The van der Waals surface area contributed by atoms with E-state index in [2.05, 4.69) is 119 Å². The van der Waals surface area contributed by atoms with Crippen LogP contribution in [-0.4, -0.2) is 14.5 Å². The lowest BCUT2D eigenvalue weighted by Gasteiger charge is -2.23. The van der Waals surface area contributed by atoms with Crippen molar-refractivity contribution in [2.24, 2.45) is 0 Å². The van der Waals surface area contributed by atoms with Gasteiger partial charge in [-0.2, -0.15) is 10.5 Å². The maximum Gasteiger partial charge on any atom is 0.160 e. The van der Waals surface area contributed by atoms with Crippen LogP contribution >= 0.6 is 0 Å². The van der Waals surface area contributed by atoms with E-state index in [4.69, 9.17) is 9.97 Å². The molecule has 7 aromatic carbocycles. The van der Waals surface area contributed by atoms with Crippen LogP contribution < -0.4 is 0 Å². The molecule has 0 aliphatic rings. The third-order valence-corrected chi connectivity index (χ3v) is 11.6. The van der Waals surface area contributed by atoms with Crippen LogP contribution in [-0.2, 0) is 10.8 Å². The van der Waals surface area contributed by atoms with Crippen LogP contribution in [0.3, 0.4) is 0 Å². The van der Waals surface area contributed by atoms with Gasteiger partial charge in [-0.15, -0.1) is 0 Å². The zero-order chi connectivity index (χ0) is 42.5. The molecule has 0 saturated heterocycles. The van der Waals surface area contributed by atoms with Crippen LogP contribution in [0.4, 0.5) is 0 Å². The number of nitrogens with zero attached hydrogens (tertiary/aromatic N) is 5. The van der Waals surface area contributed by atoms with Crippen LogP contribution in [0.1, 0.15) is 63.8 Å². The highest BCUT2D eigenvalue weighted by Gasteiger charge is 2.27. The van der Waals surface area contributed by atoms with E-state index in [1.807, 2.05) is 103 Å². The van der Waals surface area contributed by atoms with E-state index in [0.717, 1.165) is 77.8 Å². The van der Waals surface area contributed by atoms with Gasteiger partial charge in [-0.05, 0) is 76.6 Å². The minimum atomic E-state index is -0.0750. The number of hydrogen-bond acceptors (Lipinski definition) is 4. The van der Waals surface area contributed by atoms with Crippen LogP contribution in [0.5, 0.6) is 0 Å². The Kier molecular flexibility index (Phi) is 9.70. The second-order valence-electron chi connectivity index (χ2n) is 17.7. The Morgan fingerprint density at radius 2 is 0.852 bits per heavy atom. The number of rotatable bonds is 6. The van der Waals surface area contributed by atoms with Gasteiger partial charge < -0.3 is 4.57 Å². The first kappa shape index (κ1) is 38.9. The molecule has 0 unspecified atom stereocenters. The van der Waals surface area contributed by atoms with E-state index in [1.165, 1.54) is 11.1 Å². The van der Waals surface area contributed by atoms with Crippen molar-refractivity contribution >= 4 is 21.8 Å². The largest absolute Gasteiger partial charge is 0.308 e. The van der Waals surface area contributed by atoms with Crippen molar-refractivity contribution in [3.8, 4) is 74.0 Å². The van der Waals surface area contributed by atoms with Gasteiger partial charge >= 0.3 is 0 Å². The molecule has 0 amide bonds. The second kappa shape index (κ2) is 15.2. The summed E-state index contributed by atoms with van der Waals surface area (Å²) in [7, 11) is 0. The lowest BCUT2D eigenvalue weighted by atomic mass is 9.85. The van der Waals surface area contributed by atoms with Gasteiger partial charge in [0.1, 0.15) is 0 Å². The predicted octanol–water partition coefficient (Wildman–Crippen LogP) is 14.2. The summed E-state index contributed by atoms with van der Waals surface area (Å²) in [5.41, 5.74) is 13.8. The molecule has 0 fully saturated rings. The van der Waals surface area contributed by atoms with Crippen molar-refractivity contribution in [1.29, 1.82) is 10.5 Å². The maximum atomic E-state index is 10.7. The minimum Gasteiger partial charge on any atom is -0.308 e. The maximum absolute atomic E-state index is 10.7. The van der Waals surface area contributed by atoms with Gasteiger partial charge in [-0.25, -0.2) is 9.97 Å². The van der Waals surface area contributed by atoms with Crippen molar-refractivity contribution in [3.05, 3.63) is 186 Å². The minimum absolute atomic E-state index is 0.0750. The van der Waals surface area contributed by atoms with Crippen LogP contribution in [0, 0.1) is 22.7 Å². The number of aromatic nitrogens is 3. The molecule has 0 aliphatic carbocycles. The Bertz CT molecular complexity index is 3010. The number of nitriles is 2. The van der Waals surface area contributed by atoms with Crippen molar-refractivity contribution < 1.29 is 0 Å². The highest BCUT2D eigenvalue weighted by Crippen LogP contribution is 2.46. The summed E-state index contributed by atoms with van der Waals surface area (Å²) in [5.74, 6) is 0.602. The zero-order valence-corrected chi connectivity index (χ0v) is 35.3.